The van der Waals surface area contributed by atoms with Crippen molar-refractivity contribution in [1.82, 2.24) is 20.9 Å². The Kier molecular flexibility index (Phi) is 7.54. The monoisotopic (exact) mass is 417 g/mol. The van der Waals surface area contributed by atoms with Crippen molar-refractivity contribution in [2.45, 2.75) is 51.4 Å². The van der Waals surface area contributed by atoms with Crippen LogP contribution in [0.3, 0.4) is 0 Å². The van der Waals surface area contributed by atoms with Crippen molar-refractivity contribution in [3.05, 3.63) is 36.0 Å². The van der Waals surface area contributed by atoms with Gasteiger partial charge in [0.05, 0.1) is 6.04 Å². The molecule has 1 aromatic carbocycles. The van der Waals surface area contributed by atoms with Gasteiger partial charge < -0.3 is 31.8 Å². The van der Waals surface area contributed by atoms with E-state index in [0.717, 1.165) is 16.5 Å². The number of hydrogen-bond donors (Lipinski definition) is 6. The summed E-state index contributed by atoms with van der Waals surface area (Å²) < 4.78 is 0. The third-order valence-corrected chi connectivity index (χ3v) is 4.68. The summed E-state index contributed by atoms with van der Waals surface area (Å²) in [5.41, 5.74) is 7.84. The molecule has 30 heavy (non-hydrogen) atoms. The number of rotatable bonds is 9. The first-order valence-corrected chi connectivity index (χ1v) is 9.54. The number of nitrogens with two attached hydrogens (primary N) is 1. The molecule has 0 aliphatic rings. The molecule has 162 valence electrons. The third-order valence-electron chi connectivity index (χ3n) is 4.68. The highest BCUT2D eigenvalue weighted by atomic mass is 16.4. The number of amides is 3. The number of hydrogen-bond acceptors (Lipinski definition) is 5. The Hall–Kier alpha value is -3.40. The number of aromatic amines is 1. The van der Waals surface area contributed by atoms with Crippen LogP contribution in [-0.2, 0) is 25.6 Å². The van der Waals surface area contributed by atoms with Crippen LogP contribution in [0.4, 0.5) is 0 Å². The summed E-state index contributed by atoms with van der Waals surface area (Å²) in [4.78, 5) is 50.5. The van der Waals surface area contributed by atoms with Gasteiger partial charge in [-0.3, -0.25) is 19.2 Å². The van der Waals surface area contributed by atoms with Crippen LogP contribution in [0.5, 0.6) is 0 Å². The average Bonchev–Trinajstić information content (AvgIpc) is 3.10. The maximum atomic E-state index is 12.4. The number of carboxylic acid groups (broad SMARTS) is 1. The first-order valence-electron chi connectivity index (χ1n) is 9.54. The highest BCUT2D eigenvalue weighted by molar-refractivity contribution is 5.94. The van der Waals surface area contributed by atoms with Crippen molar-refractivity contribution in [2.75, 3.05) is 0 Å². The van der Waals surface area contributed by atoms with Crippen LogP contribution in [0.2, 0.25) is 0 Å². The number of aromatic nitrogens is 1. The molecule has 2 rings (SSSR count). The van der Waals surface area contributed by atoms with Gasteiger partial charge >= 0.3 is 5.97 Å². The van der Waals surface area contributed by atoms with Gasteiger partial charge in [0.25, 0.3) is 0 Å². The van der Waals surface area contributed by atoms with Gasteiger partial charge in [0.15, 0.2) is 0 Å². The second kappa shape index (κ2) is 9.88. The number of para-hydroxylation sites is 1. The summed E-state index contributed by atoms with van der Waals surface area (Å²) in [5.74, 6) is -2.92. The van der Waals surface area contributed by atoms with Crippen LogP contribution in [0.15, 0.2) is 30.5 Å². The Labute approximate surface area is 173 Å². The Bertz CT molecular complexity index is 941. The number of carbonyl (C=O) groups excluding carboxylic acids is 3. The zero-order chi connectivity index (χ0) is 22.4. The molecule has 1 heterocycles. The molecule has 10 nitrogen and oxygen atoms in total. The molecule has 0 spiro atoms. The summed E-state index contributed by atoms with van der Waals surface area (Å²) >= 11 is 0. The van der Waals surface area contributed by atoms with E-state index in [-0.39, 0.29) is 6.42 Å². The fourth-order valence-electron chi connectivity index (χ4n) is 2.82. The molecule has 0 aliphatic carbocycles. The van der Waals surface area contributed by atoms with E-state index in [1.807, 2.05) is 24.3 Å². The maximum absolute atomic E-state index is 12.4. The topological polar surface area (TPSA) is 166 Å². The SMILES string of the molecule is CC(NC(=O)C(C)NC(=O)C(C)NC(=O)C(N)Cc1c[nH]c2ccccc12)C(=O)O. The number of fused-ring (bicyclic) bond motifs is 1. The van der Waals surface area contributed by atoms with Crippen LogP contribution in [0.1, 0.15) is 26.3 Å². The number of aliphatic carboxylic acids is 1. The first kappa shape index (κ1) is 22.9. The molecule has 7 N–H and O–H groups in total. The van der Waals surface area contributed by atoms with Crippen molar-refractivity contribution in [1.29, 1.82) is 0 Å². The smallest absolute Gasteiger partial charge is 0.325 e. The number of H-pyrrole nitrogens is 1. The zero-order valence-corrected chi connectivity index (χ0v) is 17.1. The lowest BCUT2D eigenvalue weighted by Crippen LogP contribution is -2.55. The molecule has 0 bridgehead atoms. The molecule has 0 saturated carbocycles. The third kappa shape index (κ3) is 5.80. The molecule has 0 radical (unpaired) electrons. The van der Waals surface area contributed by atoms with Gasteiger partial charge in [0.1, 0.15) is 18.1 Å². The lowest BCUT2D eigenvalue weighted by Gasteiger charge is -2.20. The summed E-state index contributed by atoms with van der Waals surface area (Å²) in [6.45, 7) is 4.20. The Morgan fingerprint density at radius 3 is 2.07 bits per heavy atom. The number of carbonyl (C=O) groups is 4. The minimum atomic E-state index is -1.19. The number of carboxylic acids is 1. The standard InChI is InChI=1S/C20H27N5O5/c1-10(18(27)25-12(3)20(29)30)23-17(26)11(2)24-19(28)15(21)8-13-9-22-16-7-5-4-6-14(13)16/h4-7,9-12,15,22H,8,21H2,1-3H3,(H,23,26)(H,24,28)(H,25,27)(H,29,30). The molecule has 10 heteroatoms. The number of nitrogens with one attached hydrogen (secondary N) is 4. The van der Waals surface area contributed by atoms with E-state index < -0.39 is 47.9 Å². The van der Waals surface area contributed by atoms with E-state index in [4.69, 9.17) is 10.8 Å². The summed E-state index contributed by atoms with van der Waals surface area (Å²) in [5, 5.41) is 17.0. The predicted octanol–water partition coefficient (Wildman–Crippen LogP) is -0.364. The van der Waals surface area contributed by atoms with Crippen molar-refractivity contribution in [3.8, 4) is 0 Å². The van der Waals surface area contributed by atoms with Crippen molar-refractivity contribution < 1.29 is 24.3 Å². The molecule has 0 saturated heterocycles. The Morgan fingerprint density at radius 1 is 0.933 bits per heavy atom. The largest absolute Gasteiger partial charge is 0.480 e. The molecule has 1 aromatic heterocycles. The maximum Gasteiger partial charge on any atom is 0.325 e. The van der Waals surface area contributed by atoms with Crippen LogP contribution in [0, 0.1) is 0 Å². The van der Waals surface area contributed by atoms with Crippen LogP contribution >= 0.6 is 0 Å². The van der Waals surface area contributed by atoms with Gasteiger partial charge in [-0.25, -0.2) is 0 Å². The highest BCUT2D eigenvalue weighted by Gasteiger charge is 2.25. The van der Waals surface area contributed by atoms with Gasteiger partial charge in [-0.15, -0.1) is 0 Å². The molecule has 3 amide bonds. The minimum absolute atomic E-state index is 0.288. The lowest BCUT2D eigenvalue weighted by atomic mass is 10.0. The second-order valence-electron chi connectivity index (χ2n) is 7.20. The van der Waals surface area contributed by atoms with E-state index in [9.17, 15) is 19.2 Å². The van der Waals surface area contributed by atoms with Crippen LogP contribution in [-0.4, -0.2) is 57.9 Å². The van der Waals surface area contributed by atoms with E-state index in [1.54, 1.807) is 6.20 Å². The van der Waals surface area contributed by atoms with Gasteiger partial charge in [-0.05, 0) is 38.8 Å². The van der Waals surface area contributed by atoms with Crippen molar-refractivity contribution in [3.63, 3.8) is 0 Å². The Morgan fingerprint density at radius 2 is 1.47 bits per heavy atom. The summed E-state index contributed by atoms with van der Waals surface area (Å²) in [7, 11) is 0. The normalized spacial score (nSPS) is 14.9. The summed E-state index contributed by atoms with van der Waals surface area (Å²) in [6.07, 6.45) is 2.09. The first-order chi connectivity index (χ1) is 14.1. The van der Waals surface area contributed by atoms with E-state index in [2.05, 4.69) is 20.9 Å². The zero-order valence-electron chi connectivity index (χ0n) is 17.1. The molecule has 0 aliphatic heterocycles. The fourth-order valence-corrected chi connectivity index (χ4v) is 2.82. The average molecular weight is 417 g/mol. The molecule has 4 atom stereocenters. The van der Waals surface area contributed by atoms with Gasteiger partial charge in [0.2, 0.25) is 17.7 Å². The minimum Gasteiger partial charge on any atom is -0.480 e. The van der Waals surface area contributed by atoms with Gasteiger partial charge in [-0.1, -0.05) is 18.2 Å². The van der Waals surface area contributed by atoms with Crippen LogP contribution in [0.25, 0.3) is 10.9 Å². The fraction of sp³-hybridized carbons (Fsp3) is 0.400. The lowest BCUT2D eigenvalue weighted by molar-refractivity contribution is -0.141. The van der Waals surface area contributed by atoms with Gasteiger partial charge in [0, 0.05) is 17.1 Å². The van der Waals surface area contributed by atoms with Gasteiger partial charge in [-0.2, -0.15) is 0 Å². The van der Waals surface area contributed by atoms with Crippen molar-refractivity contribution in [2.24, 2.45) is 5.73 Å². The van der Waals surface area contributed by atoms with Crippen LogP contribution < -0.4 is 21.7 Å². The molecular formula is C20H27N5O5. The van der Waals surface area contributed by atoms with E-state index in [0.29, 0.717) is 0 Å². The molecule has 0 fully saturated rings. The molecular weight excluding hydrogens is 390 g/mol. The number of benzene rings is 1. The van der Waals surface area contributed by atoms with Crippen molar-refractivity contribution >= 4 is 34.6 Å². The van der Waals surface area contributed by atoms with E-state index in [1.165, 1.54) is 20.8 Å². The highest BCUT2D eigenvalue weighted by Crippen LogP contribution is 2.18. The molecule has 4 unspecified atom stereocenters. The van der Waals surface area contributed by atoms with E-state index >= 15 is 0 Å². The quantitative estimate of drug-likeness (QED) is 0.326. The predicted molar refractivity (Wildman–Crippen MR) is 110 cm³/mol. The molecule has 2 aromatic rings. The Balaban J connectivity index is 1.87. The summed E-state index contributed by atoms with van der Waals surface area (Å²) in [6, 6.07) is 3.79. The second-order valence-corrected chi connectivity index (χ2v) is 7.20.